The average Bonchev–Trinajstić information content (AvgIpc) is 3.01. The highest BCUT2D eigenvalue weighted by atomic mass is 127. The van der Waals surface area contributed by atoms with Gasteiger partial charge in [-0.25, -0.2) is 0 Å². The van der Waals surface area contributed by atoms with Crippen LogP contribution in [0.4, 0.5) is 0 Å². The highest BCUT2D eigenvalue weighted by Gasteiger charge is 2.09. The molecule has 0 aliphatic heterocycles. The SMILES string of the molecule is CCCCOCCCNC(=NC)NCCc1nc(C(C)C)no1.I. The summed E-state index contributed by atoms with van der Waals surface area (Å²) in [6.07, 6.45) is 3.95. The van der Waals surface area contributed by atoms with Crippen LogP contribution >= 0.6 is 24.0 Å². The van der Waals surface area contributed by atoms with Gasteiger partial charge in [0.15, 0.2) is 11.8 Å². The van der Waals surface area contributed by atoms with Gasteiger partial charge in [0.2, 0.25) is 5.89 Å². The van der Waals surface area contributed by atoms with Gasteiger partial charge in [0, 0.05) is 45.7 Å². The van der Waals surface area contributed by atoms with Gasteiger partial charge in [-0.3, -0.25) is 4.99 Å². The van der Waals surface area contributed by atoms with Gasteiger partial charge in [0.05, 0.1) is 0 Å². The monoisotopic (exact) mass is 453 g/mol. The van der Waals surface area contributed by atoms with Gasteiger partial charge in [-0.2, -0.15) is 4.98 Å². The first-order valence-corrected chi connectivity index (χ1v) is 8.52. The number of aliphatic imine (C=N–C) groups is 1. The Kier molecular flexibility index (Phi) is 13.9. The average molecular weight is 453 g/mol. The lowest BCUT2D eigenvalue weighted by Gasteiger charge is -2.11. The molecule has 140 valence electrons. The maximum Gasteiger partial charge on any atom is 0.228 e. The first-order chi connectivity index (χ1) is 11.2. The van der Waals surface area contributed by atoms with Crippen molar-refractivity contribution in [1.82, 2.24) is 20.8 Å². The zero-order valence-corrected chi connectivity index (χ0v) is 17.6. The van der Waals surface area contributed by atoms with Gasteiger partial charge in [-0.05, 0) is 12.8 Å². The van der Waals surface area contributed by atoms with Gasteiger partial charge >= 0.3 is 0 Å². The molecule has 0 unspecified atom stereocenters. The molecule has 0 saturated carbocycles. The molecular formula is C16H32IN5O2. The summed E-state index contributed by atoms with van der Waals surface area (Å²) in [5.41, 5.74) is 0. The molecule has 0 aliphatic carbocycles. The number of ether oxygens (including phenoxy) is 1. The van der Waals surface area contributed by atoms with Crippen molar-refractivity contribution in [3.63, 3.8) is 0 Å². The quantitative estimate of drug-likeness (QED) is 0.232. The molecule has 1 rings (SSSR count). The number of aromatic nitrogens is 2. The summed E-state index contributed by atoms with van der Waals surface area (Å²) in [5.74, 6) is 2.48. The Morgan fingerprint density at radius 3 is 2.54 bits per heavy atom. The number of guanidine groups is 1. The Hall–Kier alpha value is -0.900. The van der Waals surface area contributed by atoms with Crippen LogP contribution in [0, 0.1) is 0 Å². The summed E-state index contributed by atoms with van der Waals surface area (Å²) in [4.78, 5) is 8.54. The number of hydrogen-bond donors (Lipinski definition) is 2. The molecule has 1 heterocycles. The molecule has 0 bridgehead atoms. The van der Waals surface area contributed by atoms with Gasteiger partial charge < -0.3 is 19.9 Å². The number of hydrogen-bond acceptors (Lipinski definition) is 5. The van der Waals surface area contributed by atoms with Crippen LogP contribution in [-0.4, -0.2) is 49.5 Å². The molecule has 0 fully saturated rings. The largest absolute Gasteiger partial charge is 0.381 e. The third kappa shape index (κ3) is 10.1. The van der Waals surface area contributed by atoms with Crippen molar-refractivity contribution < 1.29 is 9.26 Å². The Morgan fingerprint density at radius 2 is 1.92 bits per heavy atom. The summed E-state index contributed by atoms with van der Waals surface area (Å²) in [6, 6.07) is 0. The highest BCUT2D eigenvalue weighted by Crippen LogP contribution is 2.09. The van der Waals surface area contributed by atoms with Crippen molar-refractivity contribution in [2.24, 2.45) is 4.99 Å². The van der Waals surface area contributed by atoms with Crippen molar-refractivity contribution >= 4 is 29.9 Å². The fourth-order valence-corrected chi connectivity index (χ4v) is 1.84. The standard InChI is InChI=1S/C16H31N5O2.HI/c1-5-6-11-22-12-7-9-18-16(17-4)19-10-8-14-20-15(13(2)3)21-23-14;/h13H,5-12H2,1-4H3,(H2,17,18,19);1H. The van der Waals surface area contributed by atoms with Crippen molar-refractivity contribution in [1.29, 1.82) is 0 Å². The molecule has 2 N–H and O–H groups in total. The Labute approximate surface area is 162 Å². The van der Waals surface area contributed by atoms with Crippen LogP contribution in [-0.2, 0) is 11.2 Å². The number of rotatable bonds is 11. The molecule has 1 aromatic rings. The van der Waals surface area contributed by atoms with E-state index < -0.39 is 0 Å². The van der Waals surface area contributed by atoms with E-state index in [1.54, 1.807) is 7.05 Å². The van der Waals surface area contributed by atoms with Gasteiger partial charge in [-0.1, -0.05) is 32.3 Å². The molecule has 0 amide bonds. The molecular weight excluding hydrogens is 421 g/mol. The van der Waals surface area contributed by atoms with Crippen molar-refractivity contribution in [3.8, 4) is 0 Å². The van der Waals surface area contributed by atoms with Crippen LogP contribution in [0.1, 0.15) is 57.7 Å². The van der Waals surface area contributed by atoms with E-state index in [4.69, 9.17) is 9.26 Å². The number of unbranched alkanes of at least 4 members (excludes halogenated alkanes) is 1. The molecule has 0 radical (unpaired) electrons. The van der Waals surface area contributed by atoms with E-state index >= 15 is 0 Å². The molecule has 24 heavy (non-hydrogen) atoms. The molecule has 1 aromatic heterocycles. The topological polar surface area (TPSA) is 84.6 Å². The maximum atomic E-state index is 5.52. The predicted octanol–water partition coefficient (Wildman–Crippen LogP) is 2.73. The minimum Gasteiger partial charge on any atom is -0.381 e. The van der Waals surface area contributed by atoms with Gasteiger partial charge in [-0.15, -0.1) is 24.0 Å². The Balaban J connectivity index is 0.00000529. The summed E-state index contributed by atoms with van der Waals surface area (Å²) in [6.45, 7) is 9.43. The van der Waals surface area contributed by atoms with E-state index in [9.17, 15) is 0 Å². The van der Waals surface area contributed by atoms with Gasteiger partial charge in [0.1, 0.15) is 0 Å². The van der Waals surface area contributed by atoms with E-state index in [1.165, 1.54) is 6.42 Å². The summed E-state index contributed by atoms with van der Waals surface area (Å²) in [7, 11) is 1.76. The van der Waals surface area contributed by atoms with Crippen LogP contribution in [0.5, 0.6) is 0 Å². The lowest BCUT2D eigenvalue weighted by atomic mass is 10.2. The molecule has 8 heteroatoms. The minimum atomic E-state index is 0. The second-order valence-electron chi connectivity index (χ2n) is 5.70. The van der Waals surface area contributed by atoms with Crippen LogP contribution < -0.4 is 10.6 Å². The fourth-order valence-electron chi connectivity index (χ4n) is 1.84. The van der Waals surface area contributed by atoms with Crippen LogP contribution in [0.2, 0.25) is 0 Å². The number of halogens is 1. The zero-order valence-electron chi connectivity index (χ0n) is 15.3. The first kappa shape index (κ1) is 23.1. The first-order valence-electron chi connectivity index (χ1n) is 8.52. The van der Waals surface area contributed by atoms with Gasteiger partial charge in [0.25, 0.3) is 0 Å². The fraction of sp³-hybridized carbons (Fsp3) is 0.812. The maximum absolute atomic E-state index is 5.52. The number of nitrogens with one attached hydrogen (secondary N) is 2. The molecule has 0 aliphatic rings. The van der Waals surface area contributed by atoms with Crippen LogP contribution in [0.25, 0.3) is 0 Å². The van der Waals surface area contributed by atoms with Crippen molar-refractivity contribution in [2.75, 3.05) is 33.4 Å². The van der Waals surface area contributed by atoms with E-state index in [0.717, 1.165) is 44.4 Å². The third-order valence-electron chi connectivity index (χ3n) is 3.26. The van der Waals surface area contributed by atoms with Crippen LogP contribution in [0.3, 0.4) is 0 Å². The summed E-state index contributed by atoms with van der Waals surface area (Å²) in [5, 5.41) is 10.5. The lowest BCUT2D eigenvalue weighted by molar-refractivity contribution is 0.129. The molecule has 0 spiro atoms. The molecule has 0 atom stereocenters. The summed E-state index contributed by atoms with van der Waals surface area (Å²) >= 11 is 0. The summed E-state index contributed by atoms with van der Waals surface area (Å²) < 4.78 is 10.7. The predicted molar refractivity (Wildman–Crippen MR) is 107 cm³/mol. The normalized spacial score (nSPS) is 11.5. The Bertz CT molecular complexity index is 451. The molecule has 7 nitrogen and oxygen atoms in total. The number of nitrogens with zero attached hydrogens (tertiary/aromatic N) is 3. The van der Waals surface area contributed by atoms with Crippen LogP contribution in [0.15, 0.2) is 9.52 Å². The highest BCUT2D eigenvalue weighted by molar-refractivity contribution is 14.0. The second kappa shape index (κ2) is 14.4. The van der Waals surface area contributed by atoms with E-state index in [2.05, 4.69) is 32.7 Å². The minimum absolute atomic E-state index is 0. The Morgan fingerprint density at radius 1 is 1.21 bits per heavy atom. The van der Waals surface area contributed by atoms with Crippen molar-refractivity contribution in [2.45, 2.75) is 52.4 Å². The third-order valence-corrected chi connectivity index (χ3v) is 3.26. The second-order valence-corrected chi connectivity index (χ2v) is 5.70. The smallest absolute Gasteiger partial charge is 0.228 e. The lowest BCUT2D eigenvalue weighted by Crippen LogP contribution is -2.39. The van der Waals surface area contributed by atoms with E-state index in [-0.39, 0.29) is 29.9 Å². The van der Waals surface area contributed by atoms with E-state index in [1.807, 2.05) is 13.8 Å². The molecule has 0 saturated heterocycles. The zero-order chi connectivity index (χ0) is 16.9. The van der Waals surface area contributed by atoms with E-state index in [0.29, 0.717) is 18.9 Å². The molecule has 0 aromatic carbocycles. The van der Waals surface area contributed by atoms with Crippen molar-refractivity contribution in [3.05, 3.63) is 11.7 Å².